The zero-order valence-electron chi connectivity index (χ0n) is 6.96. The zero-order chi connectivity index (χ0) is 8.10. The predicted molar refractivity (Wildman–Crippen MR) is 48.4 cm³/mol. The lowest BCUT2D eigenvalue weighted by atomic mass is 9.97. The van der Waals surface area contributed by atoms with Crippen molar-refractivity contribution in [3.05, 3.63) is 42.8 Å². The van der Waals surface area contributed by atoms with Gasteiger partial charge in [-0.3, -0.25) is 0 Å². The highest BCUT2D eigenvalue weighted by Gasteiger charge is 2.01. The van der Waals surface area contributed by atoms with Gasteiger partial charge in [0.2, 0.25) is 0 Å². The molecule has 0 N–H and O–H groups in total. The molecule has 1 aromatic carbocycles. The molecule has 0 aromatic heterocycles. The Morgan fingerprint density at radius 2 is 1.91 bits per heavy atom. The van der Waals surface area contributed by atoms with Gasteiger partial charge in [0.05, 0.1) is 0 Å². The Morgan fingerprint density at radius 1 is 1.27 bits per heavy atom. The minimum atomic E-state index is 0.598. The fourth-order valence-electron chi connectivity index (χ4n) is 1.20. The molecule has 1 atom stereocenters. The topological polar surface area (TPSA) is 0 Å². The van der Waals surface area contributed by atoms with Crippen LogP contribution in [0.5, 0.6) is 0 Å². The van der Waals surface area contributed by atoms with Crippen molar-refractivity contribution in [2.24, 2.45) is 0 Å². The Kier molecular flexibility index (Phi) is 3.15. The molecule has 0 aliphatic carbocycles. The lowest BCUT2D eigenvalue weighted by Crippen LogP contribution is -1.91. The molecule has 1 unspecified atom stereocenters. The molecule has 0 fully saturated rings. The van der Waals surface area contributed by atoms with E-state index in [4.69, 9.17) is 6.92 Å². The van der Waals surface area contributed by atoms with Gasteiger partial charge in [0.25, 0.3) is 0 Å². The molecular weight excluding hydrogens is 132 g/mol. The number of rotatable bonds is 3. The van der Waals surface area contributed by atoms with E-state index in [-0.39, 0.29) is 0 Å². The number of benzene rings is 1. The van der Waals surface area contributed by atoms with Crippen LogP contribution in [-0.4, -0.2) is 0 Å². The Morgan fingerprint density at radius 3 is 2.45 bits per heavy atom. The first kappa shape index (κ1) is 8.32. The molecular formula is C11H14. The lowest BCUT2D eigenvalue weighted by Gasteiger charge is -2.08. The summed E-state index contributed by atoms with van der Waals surface area (Å²) in [6, 6.07) is 10.5. The third kappa shape index (κ3) is 2.38. The molecule has 0 spiro atoms. The molecule has 0 saturated heterocycles. The van der Waals surface area contributed by atoms with Crippen molar-refractivity contribution < 1.29 is 0 Å². The van der Waals surface area contributed by atoms with Crippen LogP contribution in [0.2, 0.25) is 0 Å². The minimum Gasteiger partial charge on any atom is -0.0622 e. The first-order valence-electron chi connectivity index (χ1n) is 4.09. The van der Waals surface area contributed by atoms with E-state index in [2.05, 4.69) is 31.2 Å². The van der Waals surface area contributed by atoms with Crippen molar-refractivity contribution >= 4 is 0 Å². The van der Waals surface area contributed by atoms with Crippen molar-refractivity contribution in [1.82, 2.24) is 0 Å². The van der Waals surface area contributed by atoms with Crippen LogP contribution in [0, 0.1) is 6.92 Å². The molecule has 0 bridgehead atoms. The average molecular weight is 146 g/mol. The van der Waals surface area contributed by atoms with Crippen LogP contribution in [0.3, 0.4) is 0 Å². The van der Waals surface area contributed by atoms with Crippen molar-refractivity contribution in [2.75, 3.05) is 0 Å². The summed E-state index contributed by atoms with van der Waals surface area (Å²) in [7, 11) is 0. The zero-order valence-corrected chi connectivity index (χ0v) is 6.96. The number of hydrogen-bond acceptors (Lipinski definition) is 0. The summed E-state index contributed by atoms with van der Waals surface area (Å²) < 4.78 is 0. The Balaban J connectivity index is 2.61. The fraction of sp³-hybridized carbons (Fsp3) is 0.364. The molecule has 0 heterocycles. The Hall–Kier alpha value is -0.780. The third-order valence-electron chi connectivity index (χ3n) is 1.97. The van der Waals surface area contributed by atoms with Gasteiger partial charge in [-0.1, -0.05) is 37.3 Å². The molecule has 2 radical (unpaired) electrons. The van der Waals surface area contributed by atoms with E-state index in [9.17, 15) is 0 Å². The maximum Gasteiger partial charge on any atom is -0.0190 e. The molecule has 0 aliphatic rings. The van der Waals surface area contributed by atoms with E-state index >= 15 is 0 Å². The van der Waals surface area contributed by atoms with Gasteiger partial charge in [0, 0.05) is 0 Å². The second kappa shape index (κ2) is 4.17. The summed E-state index contributed by atoms with van der Waals surface area (Å²) in [5.41, 5.74) is 1.39. The predicted octanol–water partition coefficient (Wildman–Crippen LogP) is 3.28. The van der Waals surface area contributed by atoms with Gasteiger partial charge in [0.15, 0.2) is 0 Å². The first-order valence-corrected chi connectivity index (χ1v) is 4.09. The van der Waals surface area contributed by atoms with Crippen molar-refractivity contribution in [2.45, 2.75) is 25.7 Å². The molecule has 1 rings (SSSR count). The van der Waals surface area contributed by atoms with Crippen LogP contribution in [-0.2, 0) is 0 Å². The van der Waals surface area contributed by atoms with Gasteiger partial charge in [-0.15, -0.1) is 0 Å². The molecule has 0 saturated carbocycles. The highest BCUT2D eigenvalue weighted by molar-refractivity contribution is 5.18. The van der Waals surface area contributed by atoms with Crippen LogP contribution in [0.15, 0.2) is 30.3 Å². The summed E-state index contributed by atoms with van der Waals surface area (Å²) in [6.45, 7) is 7.68. The summed E-state index contributed by atoms with van der Waals surface area (Å²) in [5.74, 6) is 0.598. The van der Waals surface area contributed by atoms with E-state index in [0.29, 0.717) is 5.92 Å². The van der Waals surface area contributed by atoms with Crippen LogP contribution < -0.4 is 0 Å². The van der Waals surface area contributed by atoms with E-state index in [0.717, 1.165) is 12.8 Å². The summed E-state index contributed by atoms with van der Waals surface area (Å²) >= 11 is 0. The number of hydrogen-bond donors (Lipinski definition) is 0. The first-order chi connectivity index (χ1) is 5.34. The van der Waals surface area contributed by atoms with Gasteiger partial charge < -0.3 is 0 Å². The summed E-state index contributed by atoms with van der Waals surface area (Å²) in [5, 5.41) is 0. The van der Waals surface area contributed by atoms with Crippen molar-refractivity contribution in [3.63, 3.8) is 0 Å². The van der Waals surface area contributed by atoms with Crippen LogP contribution in [0.4, 0.5) is 0 Å². The van der Waals surface area contributed by atoms with Crippen LogP contribution in [0.1, 0.15) is 31.2 Å². The SMILES string of the molecule is [CH]CCC(C)c1ccccc1. The smallest absolute Gasteiger partial charge is 0.0190 e. The highest BCUT2D eigenvalue weighted by Crippen LogP contribution is 2.19. The highest BCUT2D eigenvalue weighted by atomic mass is 14.1. The second-order valence-corrected chi connectivity index (χ2v) is 2.89. The average Bonchev–Trinajstić information content (AvgIpc) is 2.07. The van der Waals surface area contributed by atoms with E-state index in [1.54, 1.807) is 0 Å². The largest absolute Gasteiger partial charge is 0.0622 e. The van der Waals surface area contributed by atoms with E-state index in [1.807, 2.05) is 6.07 Å². The normalized spacial score (nSPS) is 12.9. The maximum atomic E-state index is 5.47. The standard InChI is InChI=1S/C11H14/c1-3-7-10(2)11-8-5-4-6-9-11/h1,4-6,8-10H,3,7H2,2H3. The van der Waals surface area contributed by atoms with Gasteiger partial charge in [-0.25, -0.2) is 0 Å². The van der Waals surface area contributed by atoms with Crippen molar-refractivity contribution in [3.8, 4) is 0 Å². The van der Waals surface area contributed by atoms with Crippen LogP contribution in [0.25, 0.3) is 0 Å². The van der Waals surface area contributed by atoms with E-state index < -0.39 is 0 Å². The lowest BCUT2D eigenvalue weighted by molar-refractivity contribution is 0.689. The quantitative estimate of drug-likeness (QED) is 0.614. The fourth-order valence-corrected chi connectivity index (χ4v) is 1.20. The Bertz CT molecular complexity index is 188. The summed E-state index contributed by atoms with van der Waals surface area (Å²) in [6.07, 6.45) is 1.85. The second-order valence-electron chi connectivity index (χ2n) is 2.89. The molecule has 0 amide bonds. The van der Waals surface area contributed by atoms with Gasteiger partial charge in [-0.2, -0.15) is 0 Å². The van der Waals surface area contributed by atoms with E-state index in [1.165, 1.54) is 5.56 Å². The minimum absolute atomic E-state index is 0.598. The molecule has 0 heteroatoms. The van der Waals surface area contributed by atoms with Gasteiger partial charge in [-0.05, 0) is 31.2 Å². The molecule has 11 heavy (non-hydrogen) atoms. The molecule has 58 valence electrons. The third-order valence-corrected chi connectivity index (χ3v) is 1.97. The molecule has 0 nitrogen and oxygen atoms in total. The Labute approximate surface area is 69.3 Å². The van der Waals surface area contributed by atoms with Gasteiger partial charge >= 0.3 is 0 Å². The molecule has 0 aliphatic heterocycles. The van der Waals surface area contributed by atoms with Gasteiger partial charge in [0.1, 0.15) is 0 Å². The maximum absolute atomic E-state index is 5.47. The van der Waals surface area contributed by atoms with Crippen LogP contribution >= 0.6 is 0 Å². The monoisotopic (exact) mass is 146 g/mol. The summed E-state index contributed by atoms with van der Waals surface area (Å²) in [4.78, 5) is 0. The molecule has 1 aromatic rings. The van der Waals surface area contributed by atoms with Crippen molar-refractivity contribution in [1.29, 1.82) is 0 Å².